The predicted octanol–water partition coefficient (Wildman–Crippen LogP) is 4.47. The maximum atomic E-state index is 12.2. The summed E-state index contributed by atoms with van der Waals surface area (Å²) in [5, 5.41) is 10.1. The maximum Gasteiger partial charge on any atom is 0.274 e. The Balaban J connectivity index is 1.49. The average molecular weight is 390 g/mol. The van der Waals surface area contributed by atoms with Gasteiger partial charge in [-0.2, -0.15) is 5.10 Å². The molecule has 2 amide bonds. The van der Waals surface area contributed by atoms with Crippen LogP contribution in [-0.2, 0) is 4.79 Å². The standard InChI is InChI=1S/C22H22N4O3/c1-15(25-26-22(28)20-12-13-29-16(20)2)14-21(27)24-19-10-8-18(9-11-19)23-17-6-4-3-5-7-17/h3-13,23H,14H2,1-2H3,(H,24,27)(H,26,28). The van der Waals surface area contributed by atoms with Gasteiger partial charge in [-0.25, -0.2) is 5.43 Å². The van der Waals surface area contributed by atoms with E-state index < -0.39 is 0 Å². The molecule has 1 heterocycles. The molecule has 0 aliphatic carbocycles. The van der Waals surface area contributed by atoms with Gasteiger partial charge < -0.3 is 15.1 Å². The van der Waals surface area contributed by atoms with Crippen LogP contribution in [0.2, 0.25) is 0 Å². The third-order valence-corrected chi connectivity index (χ3v) is 4.10. The zero-order valence-corrected chi connectivity index (χ0v) is 16.2. The Morgan fingerprint density at radius 2 is 1.59 bits per heavy atom. The summed E-state index contributed by atoms with van der Waals surface area (Å²) in [4.78, 5) is 24.2. The fourth-order valence-corrected chi connectivity index (χ4v) is 2.63. The molecule has 0 bridgehead atoms. The minimum Gasteiger partial charge on any atom is -0.469 e. The van der Waals surface area contributed by atoms with Crippen LogP contribution in [0.15, 0.2) is 76.4 Å². The summed E-state index contributed by atoms with van der Waals surface area (Å²) in [6, 6.07) is 18.8. The first-order chi connectivity index (χ1) is 14.0. The van der Waals surface area contributed by atoms with E-state index in [9.17, 15) is 9.59 Å². The number of amides is 2. The molecule has 0 aliphatic heterocycles. The third kappa shape index (κ3) is 5.80. The monoisotopic (exact) mass is 390 g/mol. The summed E-state index contributed by atoms with van der Waals surface area (Å²) >= 11 is 0. The second-order valence-corrected chi connectivity index (χ2v) is 6.47. The van der Waals surface area contributed by atoms with Gasteiger partial charge in [-0.15, -0.1) is 0 Å². The van der Waals surface area contributed by atoms with Crippen LogP contribution in [0.1, 0.15) is 29.5 Å². The van der Waals surface area contributed by atoms with Gasteiger partial charge >= 0.3 is 0 Å². The van der Waals surface area contributed by atoms with Crippen LogP contribution in [0, 0.1) is 6.92 Å². The predicted molar refractivity (Wildman–Crippen MR) is 113 cm³/mol. The van der Waals surface area contributed by atoms with Crippen molar-refractivity contribution in [3.63, 3.8) is 0 Å². The van der Waals surface area contributed by atoms with Gasteiger partial charge in [-0.1, -0.05) is 18.2 Å². The molecule has 0 spiro atoms. The second kappa shape index (κ2) is 9.36. The number of carbonyl (C=O) groups is 2. The number of aryl methyl sites for hydroxylation is 1. The molecule has 0 saturated carbocycles. The molecule has 1 aromatic heterocycles. The lowest BCUT2D eigenvalue weighted by Crippen LogP contribution is -2.21. The first-order valence-corrected chi connectivity index (χ1v) is 9.11. The van der Waals surface area contributed by atoms with E-state index in [0.29, 0.717) is 22.7 Å². The number of rotatable bonds is 7. The Kier molecular flexibility index (Phi) is 6.42. The highest BCUT2D eigenvalue weighted by atomic mass is 16.3. The zero-order chi connectivity index (χ0) is 20.6. The summed E-state index contributed by atoms with van der Waals surface area (Å²) in [6.45, 7) is 3.37. The summed E-state index contributed by atoms with van der Waals surface area (Å²) < 4.78 is 5.09. The van der Waals surface area contributed by atoms with Crippen molar-refractivity contribution in [3.05, 3.63) is 78.3 Å². The molecule has 7 heteroatoms. The number of furan rings is 1. The Morgan fingerprint density at radius 3 is 2.24 bits per heavy atom. The molecule has 29 heavy (non-hydrogen) atoms. The first kappa shape index (κ1) is 19.9. The molecule has 0 fully saturated rings. The number of anilines is 3. The number of nitrogens with zero attached hydrogens (tertiary/aromatic N) is 1. The molecule has 3 rings (SSSR count). The van der Waals surface area contributed by atoms with Crippen molar-refractivity contribution in [1.82, 2.24) is 5.43 Å². The van der Waals surface area contributed by atoms with Gasteiger partial charge in [-0.3, -0.25) is 9.59 Å². The Labute approximate surface area is 168 Å². The van der Waals surface area contributed by atoms with Gasteiger partial charge in [0.1, 0.15) is 5.76 Å². The largest absolute Gasteiger partial charge is 0.469 e. The number of benzene rings is 2. The van der Waals surface area contributed by atoms with E-state index in [-0.39, 0.29) is 18.2 Å². The minimum atomic E-state index is -0.377. The van der Waals surface area contributed by atoms with Crippen molar-refractivity contribution in [1.29, 1.82) is 0 Å². The molecule has 0 unspecified atom stereocenters. The Bertz CT molecular complexity index is 1010. The van der Waals surface area contributed by atoms with Crippen molar-refractivity contribution in [3.8, 4) is 0 Å². The zero-order valence-electron chi connectivity index (χ0n) is 16.2. The van der Waals surface area contributed by atoms with Crippen LogP contribution in [0.25, 0.3) is 0 Å². The Hall–Kier alpha value is -3.87. The molecule has 0 saturated heterocycles. The lowest BCUT2D eigenvalue weighted by molar-refractivity contribution is -0.115. The van der Waals surface area contributed by atoms with Gasteiger partial charge in [0.15, 0.2) is 0 Å². The smallest absolute Gasteiger partial charge is 0.274 e. The molecule has 148 valence electrons. The third-order valence-electron chi connectivity index (χ3n) is 4.10. The number of para-hydroxylation sites is 1. The number of nitrogens with one attached hydrogen (secondary N) is 3. The van der Waals surface area contributed by atoms with E-state index in [2.05, 4.69) is 21.2 Å². The van der Waals surface area contributed by atoms with E-state index in [1.807, 2.05) is 54.6 Å². The van der Waals surface area contributed by atoms with Gasteiger partial charge in [-0.05, 0) is 56.3 Å². The maximum absolute atomic E-state index is 12.2. The molecule has 2 aromatic carbocycles. The number of hydrazone groups is 1. The quantitative estimate of drug-likeness (QED) is 0.410. The number of carbonyl (C=O) groups excluding carboxylic acids is 2. The van der Waals surface area contributed by atoms with E-state index in [1.54, 1.807) is 19.9 Å². The molecule has 7 nitrogen and oxygen atoms in total. The van der Waals surface area contributed by atoms with Crippen LogP contribution in [0.4, 0.5) is 17.1 Å². The second-order valence-electron chi connectivity index (χ2n) is 6.47. The summed E-state index contributed by atoms with van der Waals surface area (Å²) in [6.07, 6.45) is 1.50. The van der Waals surface area contributed by atoms with Crippen molar-refractivity contribution < 1.29 is 14.0 Å². The number of hydrogen-bond acceptors (Lipinski definition) is 5. The van der Waals surface area contributed by atoms with E-state index >= 15 is 0 Å². The van der Waals surface area contributed by atoms with Gasteiger partial charge in [0.05, 0.1) is 18.2 Å². The van der Waals surface area contributed by atoms with E-state index in [4.69, 9.17) is 4.42 Å². The van der Waals surface area contributed by atoms with Crippen molar-refractivity contribution in [2.24, 2.45) is 5.10 Å². The summed E-state index contributed by atoms with van der Waals surface area (Å²) in [5.41, 5.74) is 5.91. The number of hydrogen-bond donors (Lipinski definition) is 3. The van der Waals surface area contributed by atoms with Crippen LogP contribution >= 0.6 is 0 Å². The van der Waals surface area contributed by atoms with Crippen LogP contribution in [0.3, 0.4) is 0 Å². The summed E-state index contributed by atoms with van der Waals surface area (Å²) in [7, 11) is 0. The van der Waals surface area contributed by atoms with Crippen molar-refractivity contribution in [2.75, 3.05) is 10.6 Å². The normalized spacial score (nSPS) is 11.0. The average Bonchev–Trinajstić information content (AvgIpc) is 3.14. The lowest BCUT2D eigenvalue weighted by Gasteiger charge is -2.09. The van der Waals surface area contributed by atoms with Gasteiger partial charge in [0.25, 0.3) is 5.91 Å². The van der Waals surface area contributed by atoms with E-state index in [0.717, 1.165) is 11.4 Å². The minimum absolute atomic E-state index is 0.0642. The highest BCUT2D eigenvalue weighted by Crippen LogP contribution is 2.18. The van der Waals surface area contributed by atoms with Crippen LogP contribution in [-0.4, -0.2) is 17.5 Å². The van der Waals surface area contributed by atoms with Gasteiger partial charge in [0, 0.05) is 22.8 Å². The topological polar surface area (TPSA) is 95.7 Å². The molecule has 0 radical (unpaired) electrons. The Morgan fingerprint density at radius 1 is 0.931 bits per heavy atom. The molecular formula is C22H22N4O3. The molecular weight excluding hydrogens is 368 g/mol. The molecule has 3 aromatic rings. The SMILES string of the molecule is CC(CC(=O)Nc1ccc(Nc2ccccc2)cc1)=NNC(=O)c1ccoc1C. The van der Waals surface area contributed by atoms with Gasteiger partial charge in [0.2, 0.25) is 5.91 Å². The fourth-order valence-electron chi connectivity index (χ4n) is 2.63. The fraction of sp³-hybridized carbons (Fsp3) is 0.136. The van der Waals surface area contributed by atoms with E-state index in [1.165, 1.54) is 6.26 Å². The van der Waals surface area contributed by atoms with Crippen molar-refractivity contribution in [2.45, 2.75) is 20.3 Å². The first-order valence-electron chi connectivity index (χ1n) is 9.11. The highest BCUT2D eigenvalue weighted by Gasteiger charge is 2.11. The summed E-state index contributed by atoms with van der Waals surface area (Å²) in [5.74, 6) is -0.0837. The van der Waals surface area contributed by atoms with Crippen LogP contribution < -0.4 is 16.1 Å². The molecule has 3 N–H and O–H groups in total. The van der Waals surface area contributed by atoms with Crippen molar-refractivity contribution >= 4 is 34.6 Å². The molecule has 0 atom stereocenters. The lowest BCUT2D eigenvalue weighted by atomic mass is 10.2. The highest BCUT2D eigenvalue weighted by molar-refractivity contribution is 6.06. The molecule has 0 aliphatic rings. The van der Waals surface area contributed by atoms with Crippen LogP contribution in [0.5, 0.6) is 0 Å².